The van der Waals surface area contributed by atoms with Crippen molar-refractivity contribution in [3.05, 3.63) is 47.3 Å². The monoisotopic (exact) mass is 500 g/mol. The molecular weight excluding hydrogens is 471 g/mol. The van der Waals surface area contributed by atoms with Gasteiger partial charge >= 0.3 is 0 Å². The highest BCUT2D eigenvalue weighted by atomic mass is 127. The fourth-order valence-electron chi connectivity index (χ4n) is 2.99. The number of hydrogen-bond acceptors (Lipinski definition) is 4. The lowest BCUT2D eigenvalue weighted by atomic mass is 10.1. The van der Waals surface area contributed by atoms with E-state index in [4.69, 9.17) is 4.52 Å². The van der Waals surface area contributed by atoms with Crippen molar-refractivity contribution >= 4 is 41.7 Å². The maximum atomic E-state index is 5.22. The predicted molar refractivity (Wildman–Crippen MR) is 123 cm³/mol. The van der Waals surface area contributed by atoms with Crippen molar-refractivity contribution in [3.63, 3.8) is 0 Å². The average molecular weight is 500 g/mol. The smallest absolute Gasteiger partial charge is 0.191 e. The summed E-state index contributed by atoms with van der Waals surface area (Å²) in [4.78, 5) is 5.69. The maximum Gasteiger partial charge on any atom is 0.191 e. The van der Waals surface area contributed by atoms with Crippen LogP contribution in [0.15, 0.2) is 44.7 Å². The van der Waals surface area contributed by atoms with Crippen LogP contribution in [0.5, 0.6) is 0 Å². The molecule has 1 aliphatic rings. The largest absolute Gasteiger partial charge is 0.361 e. The molecule has 1 saturated carbocycles. The molecule has 0 aliphatic heterocycles. The van der Waals surface area contributed by atoms with Crippen LogP contribution in [0.4, 0.5) is 0 Å². The van der Waals surface area contributed by atoms with Gasteiger partial charge in [-0.05, 0) is 51.7 Å². The summed E-state index contributed by atoms with van der Waals surface area (Å²) in [6, 6.07) is 10.6. The van der Waals surface area contributed by atoms with E-state index >= 15 is 0 Å². The van der Waals surface area contributed by atoms with Crippen LogP contribution in [0.25, 0.3) is 0 Å². The van der Waals surface area contributed by atoms with E-state index in [1.54, 1.807) is 0 Å². The first-order chi connectivity index (χ1) is 12.6. The molecule has 1 fully saturated rings. The minimum Gasteiger partial charge on any atom is -0.361 e. The Hall–Kier alpha value is -1.22. The van der Waals surface area contributed by atoms with Crippen molar-refractivity contribution in [1.82, 2.24) is 15.8 Å². The Kier molecular flexibility index (Phi) is 8.47. The number of nitrogens with one attached hydrogen (secondary N) is 2. The standard InChI is InChI=1S/C20H28N4OS.HI/c1-15-18(16(2)25-24-15)10-7-13-22-19(21-3)23-14-20(11-12-20)26-17-8-5-4-6-9-17;/h4-6,8-9H,7,10-14H2,1-3H3,(H2,21,22,23);1H. The Morgan fingerprint density at radius 1 is 1.22 bits per heavy atom. The Morgan fingerprint density at radius 3 is 2.56 bits per heavy atom. The maximum absolute atomic E-state index is 5.22. The molecule has 2 N–H and O–H groups in total. The van der Waals surface area contributed by atoms with E-state index in [9.17, 15) is 0 Å². The van der Waals surface area contributed by atoms with Gasteiger partial charge in [-0.1, -0.05) is 23.4 Å². The fraction of sp³-hybridized carbons (Fsp3) is 0.500. The third-order valence-corrected chi connectivity index (χ3v) is 6.26. The van der Waals surface area contributed by atoms with Crippen LogP contribution in [0, 0.1) is 13.8 Å². The van der Waals surface area contributed by atoms with Crippen molar-refractivity contribution < 1.29 is 4.52 Å². The van der Waals surface area contributed by atoms with Gasteiger partial charge in [0.05, 0.1) is 5.69 Å². The van der Waals surface area contributed by atoms with E-state index in [2.05, 4.69) is 51.1 Å². The normalized spacial score (nSPS) is 15.1. The molecule has 0 spiro atoms. The summed E-state index contributed by atoms with van der Waals surface area (Å²) in [5, 5.41) is 10.9. The van der Waals surface area contributed by atoms with Gasteiger partial charge in [-0.2, -0.15) is 0 Å². The Balaban J connectivity index is 0.00000261. The molecule has 1 aliphatic carbocycles. The number of nitrogens with zero attached hydrogens (tertiary/aromatic N) is 2. The summed E-state index contributed by atoms with van der Waals surface area (Å²) in [7, 11) is 1.83. The van der Waals surface area contributed by atoms with Gasteiger partial charge in [0.25, 0.3) is 0 Å². The van der Waals surface area contributed by atoms with Gasteiger partial charge in [-0.15, -0.1) is 35.7 Å². The summed E-state index contributed by atoms with van der Waals surface area (Å²) in [6.45, 7) is 5.79. The number of halogens is 1. The highest BCUT2D eigenvalue weighted by Gasteiger charge is 2.43. The number of rotatable bonds is 8. The molecule has 0 amide bonds. The van der Waals surface area contributed by atoms with Gasteiger partial charge in [0.1, 0.15) is 5.76 Å². The molecule has 0 bridgehead atoms. The minimum absolute atomic E-state index is 0. The highest BCUT2D eigenvalue weighted by molar-refractivity contribution is 14.0. The first-order valence-corrected chi connectivity index (χ1v) is 10.0. The molecule has 0 saturated heterocycles. The summed E-state index contributed by atoms with van der Waals surface area (Å²) < 4.78 is 5.53. The van der Waals surface area contributed by atoms with E-state index in [1.165, 1.54) is 23.3 Å². The number of aliphatic imine (C=N–C) groups is 1. The van der Waals surface area contributed by atoms with Gasteiger partial charge < -0.3 is 15.2 Å². The minimum atomic E-state index is 0. The second kappa shape index (κ2) is 10.4. The summed E-state index contributed by atoms with van der Waals surface area (Å²) in [6.07, 6.45) is 4.50. The summed E-state index contributed by atoms with van der Waals surface area (Å²) in [5.41, 5.74) is 2.23. The molecule has 0 atom stereocenters. The molecule has 5 nitrogen and oxygen atoms in total. The fourth-order valence-corrected chi connectivity index (χ4v) is 4.23. The lowest BCUT2D eigenvalue weighted by Gasteiger charge is -2.18. The lowest BCUT2D eigenvalue weighted by molar-refractivity contribution is 0.392. The SMILES string of the molecule is CN=C(NCCCc1c(C)noc1C)NCC1(Sc2ccccc2)CC1.I. The second-order valence-corrected chi connectivity index (χ2v) is 8.40. The van der Waals surface area contributed by atoms with Crippen molar-refractivity contribution in [2.45, 2.75) is 49.2 Å². The van der Waals surface area contributed by atoms with E-state index < -0.39 is 0 Å². The van der Waals surface area contributed by atoms with Gasteiger partial charge in [0.15, 0.2) is 5.96 Å². The second-order valence-electron chi connectivity index (χ2n) is 6.86. The van der Waals surface area contributed by atoms with Crippen LogP contribution in [-0.4, -0.2) is 36.0 Å². The predicted octanol–water partition coefficient (Wildman–Crippen LogP) is 4.33. The zero-order valence-corrected chi connectivity index (χ0v) is 19.4. The quantitative estimate of drug-likeness (QED) is 0.245. The molecule has 0 radical (unpaired) electrons. The van der Waals surface area contributed by atoms with Crippen LogP contribution >= 0.6 is 35.7 Å². The zero-order valence-electron chi connectivity index (χ0n) is 16.2. The summed E-state index contributed by atoms with van der Waals surface area (Å²) in [5.74, 6) is 1.81. The van der Waals surface area contributed by atoms with E-state index in [-0.39, 0.29) is 24.0 Å². The van der Waals surface area contributed by atoms with Crippen molar-refractivity contribution in [2.75, 3.05) is 20.1 Å². The van der Waals surface area contributed by atoms with Gasteiger partial charge in [-0.25, -0.2) is 0 Å². The van der Waals surface area contributed by atoms with E-state index in [0.717, 1.165) is 43.3 Å². The number of guanidine groups is 1. The lowest BCUT2D eigenvalue weighted by Crippen LogP contribution is -2.41. The molecule has 148 valence electrons. The number of thioether (sulfide) groups is 1. The Bertz CT molecular complexity index is 724. The number of aromatic nitrogens is 1. The molecule has 1 aromatic heterocycles. The van der Waals surface area contributed by atoms with Crippen LogP contribution in [0.1, 0.15) is 36.3 Å². The average Bonchev–Trinajstić information content (AvgIpc) is 3.34. The topological polar surface area (TPSA) is 62.5 Å². The van der Waals surface area contributed by atoms with Crippen LogP contribution in [0.2, 0.25) is 0 Å². The summed E-state index contributed by atoms with van der Waals surface area (Å²) >= 11 is 1.98. The molecule has 27 heavy (non-hydrogen) atoms. The number of aryl methyl sites for hydroxylation is 2. The van der Waals surface area contributed by atoms with Crippen molar-refractivity contribution in [3.8, 4) is 0 Å². The molecular formula is C20H29IN4OS. The highest BCUT2D eigenvalue weighted by Crippen LogP contribution is 2.51. The van der Waals surface area contributed by atoms with Crippen LogP contribution < -0.4 is 10.6 Å². The molecule has 1 aromatic carbocycles. The first kappa shape index (κ1) is 22.1. The molecule has 7 heteroatoms. The van der Waals surface area contributed by atoms with Gasteiger partial charge in [0, 0.05) is 35.3 Å². The van der Waals surface area contributed by atoms with Gasteiger partial charge in [0.2, 0.25) is 0 Å². The third-order valence-electron chi connectivity index (χ3n) is 4.76. The van der Waals surface area contributed by atoms with Crippen LogP contribution in [-0.2, 0) is 6.42 Å². The van der Waals surface area contributed by atoms with E-state index in [0.29, 0.717) is 4.75 Å². The molecule has 0 unspecified atom stereocenters. The Morgan fingerprint density at radius 2 is 1.96 bits per heavy atom. The zero-order chi connectivity index (χ0) is 18.4. The van der Waals surface area contributed by atoms with Gasteiger partial charge in [-0.3, -0.25) is 4.99 Å². The third kappa shape index (κ3) is 6.41. The van der Waals surface area contributed by atoms with Crippen molar-refractivity contribution in [1.29, 1.82) is 0 Å². The molecule has 3 rings (SSSR count). The Labute approximate surface area is 183 Å². The van der Waals surface area contributed by atoms with Crippen LogP contribution in [0.3, 0.4) is 0 Å². The molecule has 1 heterocycles. The van der Waals surface area contributed by atoms with E-state index in [1.807, 2.05) is 32.7 Å². The number of hydrogen-bond donors (Lipinski definition) is 2. The first-order valence-electron chi connectivity index (χ1n) is 9.22. The number of benzene rings is 1. The molecule has 2 aromatic rings. The van der Waals surface area contributed by atoms with Crippen molar-refractivity contribution in [2.24, 2.45) is 4.99 Å².